The Hall–Kier alpha value is -0.380. The van der Waals surface area contributed by atoms with E-state index in [1.165, 1.54) is 12.0 Å². The summed E-state index contributed by atoms with van der Waals surface area (Å²) in [5.74, 6) is 0. The van der Waals surface area contributed by atoms with Gasteiger partial charge < -0.3 is 10.1 Å². The molecule has 0 aromatic carbocycles. The van der Waals surface area contributed by atoms with Crippen molar-refractivity contribution in [2.24, 2.45) is 0 Å². The van der Waals surface area contributed by atoms with Gasteiger partial charge in [-0.2, -0.15) is 11.3 Å². The van der Waals surface area contributed by atoms with E-state index in [-0.39, 0.29) is 0 Å². The van der Waals surface area contributed by atoms with Crippen molar-refractivity contribution in [1.29, 1.82) is 0 Å². The van der Waals surface area contributed by atoms with E-state index in [4.69, 9.17) is 4.74 Å². The second-order valence-corrected chi connectivity index (χ2v) is 4.18. The fraction of sp³-hybridized carbons (Fsp3) is 0.600. The predicted molar refractivity (Wildman–Crippen MR) is 55.2 cm³/mol. The van der Waals surface area contributed by atoms with Gasteiger partial charge >= 0.3 is 0 Å². The number of ether oxygens (including phenoxy) is 1. The van der Waals surface area contributed by atoms with E-state index in [2.05, 4.69) is 22.1 Å². The van der Waals surface area contributed by atoms with Crippen molar-refractivity contribution in [3.05, 3.63) is 22.4 Å². The first-order chi connectivity index (χ1) is 6.45. The predicted octanol–water partition coefficient (Wildman–Crippen LogP) is 1.67. The lowest BCUT2D eigenvalue weighted by atomic mass is 10.2. The summed E-state index contributed by atoms with van der Waals surface area (Å²) in [6.45, 7) is 2.89. The molecular formula is C10H15NOS. The number of rotatable bonds is 4. The summed E-state index contributed by atoms with van der Waals surface area (Å²) in [7, 11) is 0. The summed E-state index contributed by atoms with van der Waals surface area (Å²) >= 11 is 1.77. The maximum atomic E-state index is 5.28. The molecule has 1 unspecified atom stereocenters. The summed E-state index contributed by atoms with van der Waals surface area (Å²) in [6, 6.07) is 2.79. The molecule has 1 aromatic rings. The number of thiophene rings is 1. The third-order valence-electron chi connectivity index (χ3n) is 2.36. The van der Waals surface area contributed by atoms with Crippen LogP contribution >= 0.6 is 11.3 Å². The van der Waals surface area contributed by atoms with E-state index in [0.29, 0.717) is 6.04 Å². The number of nitrogens with one attached hydrogen (secondary N) is 1. The molecule has 72 valence electrons. The smallest absolute Gasteiger partial charge is 0.0620 e. The van der Waals surface area contributed by atoms with Crippen LogP contribution in [-0.4, -0.2) is 25.8 Å². The summed E-state index contributed by atoms with van der Waals surface area (Å²) in [4.78, 5) is 0. The van der Waals surface area contributed by atoms with Gasteiger partial charge in [0.25, 0.3) is 0 Å². The minimum atomic E-state index is 0.596. The molecule has 2 nitrogen and oxygen atoms in total. The summed E-state index contributed by atoms with van der Waals surface area (Å²) in [6.07, 6.45) is 2.31. The topological polar surface area (TPSA) is 21.3 Å². The van der Waals surface area contributed by atoms with E-state index in [0.717, 1.165) is 26.2 Å². The molecular weight excluding hydrogens is 182 g/mol. The average molecular weight is 197 g/mol. The van der Waals surface area contributed by atoms with E-state index >= 15 is 0 Å². The Balaban J connectivity index is 1.63. The molecule has 1 atom stereocenters. The Morgan fingerprint density at radius 2 is 2.62 bits per heavy atom. The maximum absolute atomic E-state index is 5.28. The highest BCUT2D eigenvalue weighted by Gasteiger charge is 2.13. The molecule has 0 bridgehead atoms. The average Bonchev–Trinajstić information content (AvgIpc) is 2.75. The van der Waals surface area contributed by atoms with Crippen LogP contribution in [-0.2, 0) is 11.2 Å². The summed E-state index contributed by atoms with van der Waals surface area (Å²) in [5.41, 5.74) is 1.44. The number of hydrogen-bond donors (Lipinski definition) is 1. The molecule has 1 saturated heterocycles. The molecule has 0 saturated carbocycles. The fourth-order valence-corrected chi connectivity index (χ4v) is 2.25. The normalized spacial score (nSPS) is 22.3. The molecule has 1 aromatic heterocycles. The lowest BCUT2D eigenvalue weighted by Gasteiger charge is -2.08. The standard InChI is InChI=1S/C10H15NOS/c1(9-3-6-13-8-9)4-11-10-2-5-12-7-10/h3,6,8,10-11H,1-2,4-5,7H2. The molecule has 0 aliphatic carbocycles. The highest BCUT2D eigenvalue weighted by molar-refractivity contribution is 7.07. The molecule has 1 aliphatic rings. The summed E-state index contributed by atoms with van der Waals surface area (Å²) in [5, 5.41) is 7.85. The van der Waals surface area contributed by atoms with Gasteiger partial charge in [0, 0.05) is 12.6 Å². The highest BCUT2D eigenvalue weighted by atomic mass is 32.1. The lowest BCUT2D eigenvalue weighted by Crippen LogP contribution is -2.30. The minimum absolute atomic E-state index is 0.596. The molecule has 2 rings (SSSR count). The quantitative estimate of drug-likeness (QED) is 0.792. The van der Waals surface area contributed by atoms with E-state index in [1.54, 1.807) is 11.3 Å². The zero-order chi connectivity index (χ0) is 8.93. The molecule has 2 heterocycles. The van der Waals surface area contributed by atoms with Gasteiger partial charge in [-0.15, -0.1) is 0 Å². The third kappa shape index (κ3) is 2.79. The molecule has 0 amide bonds. The number of hydrogen-bond acceptors (Lipinski definition) is 3. The van der Waals surface area contributed by atoms with Crippen molar-refractivity contribution in [2.75, 3.05) is 19.8 Å². The Morgan fingerprint density at radius 3 is 3.31 bits per heavy atom. The second-order valence-electron chi connectivity index (χ2n) is 3.40. The molecule has 3 heteroatoms. The van der Waals surface area contributed by atoms with Crippen molar-refractivity contribution in [3.8, 4) is 0 Å². The monoisotopic (exact) mass is 197 g/mol. The molecule has 0 radical (unpaired) electrons. The van der Waals surface area contributed by atoms with Crippen LogP contribution in [0.5, 0.6) is 0 Å². The zero-order valence-corrected chi connectivity index (χ0v) is 8.48. The van der Waals surface area contributed by atoms with E-state index < -0.39 is 0 Å². The second kappa shape index (κ2) is 4.74. The molecule has 0 spiro atoms. The van der Waals surface area contributed by atoms with E-state index in [1.807, 2.05) is 0 Å². The van der Waals surface area contributed by atoms with Crippen LogP contribution in [0.4, 0.5) is 0 Å². The van der Waals surface area contributed by atoms with Gasteiger partial charge in [0.05, 0.1) is 6.61 Å². The summed E-state index contributed by atoms with van der Waals surface area (Å²) < 4.78 is 5.28. The van der Waals surface area contributed by atoms with Gasteiger partial charge in [0.2, 0.25) is 0 Å². The van der Waals surface area contributed by atoms with Crippen LogP contribution in [0.25, 0.3) is 0 Å². The maximum Gasteiger partial charge on any atom is 0.0620 e. The Morgan fingerprint density at radius 1 is 1.62 bits per heavy atom. The van der Waals surface area contributed by atoms with Crippen LogP contribution in [0.2, 0.25) is 0 Å². The molecule has 1 fully saturated rings. The largest absolute Gasteiger partial charge is 0.380 e. The Labute approximate surface area is 82.9 Å². The van der Waals surface area contributed by atoms with Crippen molar-refractivity contribution in [1.82, 2.24) is 5.32 Å². The van der Waals surface area contributed by atoms with Crippen molar-refractivity contribution in [3.63, 3.8) is 0 Å². The lowest BCUT2D eigenvalue weighted by molar-refractivity contribution is 0.190. The Bertz CT molecular complexity index is 229. The van der Waals surface area contributed by atoms with Crippen LogP contribution < -0.4 is 5.32 Å². The van der Waals surface area contributed by atoms with Gasteiger partial charge in [-0.3, -0.25) is 0 Å². The third-order valence-corrected chi connectivity index (χ3v) is 3.09. The zero-order valence-electron chi connectivity index (χ0n) is 7.66. The van der Waals surface area contributed by atoms with Gasteiger partial charge in [-0.25, -0.2) is 0 Å². The first kappa shape index (κ1) is 9.19. The van der Waals surface area contributed by atoms with Crippen molar-refractivity contribution < 1.29 is 4.74 Å². The van der Waals surface area contributed by atoms with Crippen molar-refractivity contribution in [2.45, 2.75) is 18.9 Å². The minimum Gasteiger partial charge on any atom is -0.380 e. The fourth-order valence-electron chi connectivity index (χ4n) is 1.55. The van der Waals surface area contributed by atoms with Crippen LogP contribution in [0.3, 0.4) is 0 Å². The van der Waals surface area contributed by atoms with Gasteiger partial charge in [0.1, 0.15) is 0 Å². The molecule has 13 heavy (non-hydrogen) atoms. The van der Waals surface area contributed by atoms with Crippen LogP contribution in [0, 0.1) is 0 Å². The first-order valence-corrected chi connectivity index (χ1v) is 5.71. The van der Waals surface area contributed by atoms with Gasteiger partial charge in [-0.05, 0) is 41.8 Å². The van der Waals surface area contributed by atoms with Crippen LogP contribution in [0.15, 0.2) is 16.8 Å². The Kier molecular flexibility index (Phi) is 3.35. The van der Waals surface area contributed by atoms with E-state index in [9.17, 15) is 0 Å². The van der Waals surface area contributed by atoms with Crippen molar-refractivity contribution >= 4 is 11.3 Å². The first-order valence-electron chi connectivity index (χ1n) is 4.77. The molecule has 1 aliphatic heterocycles. The molecule has 1 N–H and O–H groups in total. The van der Waals surface area contributed by atoms with Gasteiger partial charge in [-0.1, -0.05) is 0 Å². The SMILES string of the molecule is c1cc(CCNC2CCOC2)cs1. The van der Waals surface area contributed by atoms with Crippen LogP contribution in [0.1, 0.15) is 12.0 Å². The highest BCUT2D eigenvalue weighted by Crippen LogP contribution is 2.07. The van der Waals surface area contributed by atoms with Gasteiger partial charge in [0.15, 0.2) is 0 Å².